The predicted molar refractivity (Wildman–Crippen MR) is 136 cm³/mol. The first kappa shape index (κ1) is 25.8. The summed E-state index contributed by atoms with van der Waals surface area (Å²) in [4.78, 5) is 30.7. The van der Waals surface area contributed by atoms with Crippen molar-refractivity contribution in [3.05, 3.63) is 107 Å². The molecule has 0 saturated carbocycles. The number of rotatable bonds is 6. The fourth-order valence-electron chi connectivity index (χ4n) is 3.51. The Hall–Kier alpha value is -4.31. The van der Waals surface area contributed by atoms with E-state index in [9.17, 15) is 27.2 Å². The van der Waals surface area contributed by atoms with E-state index in [0.717, 1.165) is 21.5 Å². The Bertz CT molecular complexity index is 1470. The molecule has 37 heavy (non-hydrogen) atoms. The van der Waals surface area contributed by atoms with Gasteiger partial charge in [0.15, 0.2) is 0 Å². The highest BCUT2D eigenvalue weighted by atomic mass is 32.1. The number of hydrogen-bond acceptors (Lipinski definition) is 4. The van der Waals surface area contributed by atoms with Crippen molar-refractivity contribution in [2.24, 2.45) is 0 Å². The molecule has 4 rings (SSSR count). The summed E-state index contributed by atoms with van der Waals surface area (Å²) in [5.41, 5.74) is 0.510. The maximum Gasteiger partial charge on any atom is 0.419 e. The summed E-state index contributed by atoms with van der Waals surface area (Å²) >= 11 is 1.44. The quantitative estimate of drug-likeness (QED) is 0.220. The van der Waals surface area contributed by atoms with Crippen LogP contribution in [0.1, 0.15) is 21.5 Å². The second kappa shape index (κ2) is 10.8. The maximum atomic E-state index is 13.6. The molecule has 1 heterocycles. The molecule has 0 aliphatic heterocycles. The van der Waals surface area contributed by atoms with Gasteiger partial charge in [-0.05, 0) is 54.1 Å². The Morgan fingerprint density at radius 1 is 1.03 bits per heavy atom. The van der Waals surface area contributed by atoms with Crippen molar-refractivity contribution < 1.29 is 27.2 Å². The number of halogens is 4. The number of nitrogens with zero attached hydrogens (tertiary/aromatic N) is 2. The largest absolute Gasteiger partial charge is 0.419 e. The van der Waals surface area contributed by atoms with Crippen LogP contribution in [0.4, 0.5) is 28.9 Å². The van der Waals surface area contributed by atoms with Crippen LogP contribution in [-0.2, 0) is 11.0 Å². The van der Waals surface area contributed by atoms with Gasteiger partial charge in [0.05, 0.1) is 11.3 Å². The van der Waals surface area contributed by atoms with Crippen LogP contribution in [0.5, 0.6) is 0 Å². The van der Waals surface area contributed by atoms with E-state index in [1.165, 1.54) is 42.7 Å². The summed E-state index contributed by atoms with van der Waals surface area (Å²) in [5.74, 6) is -2.42. The molecule has 1 aromatic heterocycles. The second-order valence-corrected chi connectivity index (χ2v) is 8.75. The minimum atomic E-state index is -4.89. The smallest absolute Gasteiger partial charge is 0.322 e. The highest BCUT2D eigenvalue weighted by Gasteiger charge is 2.34. The van der Waals surface area contributed by atoms with Gasteiger partial charge in [0.2, 0.25) is 5.91 Å². The minimum absolute atomic E-state index is 0.113. The lowest BCUT2D eigenvalue weighted by Crippen LogP contribution is -2.26. The summed E-state index contributed by atoms with van der Waals surface area (Å²) in [5, 5.41) is 5.41. The van der Waals surface area contributed by atoms with Crippen LogP contribution in [0.25, 0.3) is 16.6 Å². The van der Waals surface area contributed by atoms with Gasteiger partial charge in [0.25, 0.3) is 5.91 Å². The van der Waals surface area contributed by atoms with Crippen molar-refractivity contribution in [1.82, 2.24) is 4.98 Å². The average molecular weight is 526 g/mol. The van der Waals surface area contributed by atoms with Crippen molar-refractivity contribution in [2.45, 2.75) is 6.18 Å². The molecule has 10 heteroatoms. The van der Waals surface area contributed by atoms with Crippen LogP contribution in [0.15, 0.2) is 84.4 Å². The molecule has 0 radical (unpaired) electrons. The van der Waals surface area contributed by atoms with Crippen molar-refractivity contribution in [3.63, 3.8) is 0 Å². The molecule has 188 valence electrons. The molecule has 0 fully saturated rings. The predicted octanol–water partition coefficient (Wildman–Crippen LogP) is 6.90. The van der Waals surface area contributed by atoms with E-state index in [4.69, 9.17) is 0 Å². The monoisotopic (exact) mass is 525 g/mol. The molecule has 3 aromatic carbocycles. The summed E-state index contributed by atoms with van der Waals surface area (Å²) in [6, 6.07) is 15.9. The number of para-hydroxylation sites is 1. The third-order valence-electron chi connectivity index (χ3n) is 5.36. The molecular weight excluding hydrogens is 506 g/mol. The Morgan fingerprint density at radius 2 is 1.81 bits per heavy atom. The van der Waals surface area contributed by atoms with E-state index in [0.29, 0.717) is 23.4 Å². The third-order valence-corrected chi connectivity index (χ3v) is 6.16. The van der Waals surface area contributed by atoms with E-state index in [1.807, 2.05) is 17.5 Å². The zero-order valence-electron chi connectivity index (χ0n) is 19.3. The fraction of sp³-hybridized carbons (Fsp3) is 0.0741. The fourth-order valence-corrected chi connectivity index (χ4v) is 4.18. The normalized spacial score (nSPS) is 11.5. The van der Waals surface area contributed by atoms with Gasteiger partial charge in [-0.1, -0.05) is 24.3 Å². The van der Waals surface area contributed by atoms with Gasteiger partial charge in [0.1, 0.15) is 10.8 Å². The molecule has 5 nitrogen and oxygen atoms in total. The second-order valence-electron chi connectivity index (χ2n) is 7.86. The first-order valence-corrected chi connectivity index (χ1v) is 11.7. The lowest BCUT2D eigenvalue weighted by atomic mass is 10.1. The number of anilines is 2. The minimum Gasteiger partial charge on any atom is -0.322 e. The van der Waals surface area contributed by atoms with Crippen LogP contribution in [0.3, 0.4) is 0 Å². The lowest BCUT2D eigenvalue weighted by molar-refractivity contribution is -0.140. The van der Waals surface area contributed by atoms with E-state index in [2.05, 4.69) is 10.3 Å². The number of carbonyl (C=O) groups excluding carboxylic acids is 2. The molecule has 1 N–H and O–H groups in total. The number of benzene rings is 3. The van der Waals surface area contributed by atoms with Gasteiger partial charge in [-0.2, -0.15) is 13.2 Å². The summed E-state index contributed by atoms with van der Waals surface area (Å²) in [6.07, 6.45) is -0.398. The van der Waals surface area contributed by atoms with E-state index in [1.54, 1.807) is 30.5 Å². The van der Waals surface area contributed by atoms with Crippen molar-refractivity contribution in [2.75, 3.05) is 17.3 Å². The van der Waals surface area contributed by atoms with E-state index >= 15 is 0 Å². The standard InChI is InChI=1S/C27H19F4N3O2S/c1-34(19-10-11-22(28)21(16-19)27(29,30)31)26(36)18-6-4-5-17(15-18)9-12-24(35)33-23-8-3-2-7-20(23)25-32-13-14-37-25/h2-16H,1H3,(H,33,35)/b12-9+. The van der Waals surface area contributed by atoms with Crippen molar-refractivity contribution in [3.8, 4) is 10.6 Å². The topological polar surface area (TPSA) is 62.3 Å². The van der Waals surface area contributed by atoms with Gasteiger partial charge < -0.3 is 10.2 Å². The first-order valence-electron chi connectivity index (χ1n) is 10.9. The van der Waals surface area contributed by atoms with Crippen LogP contribution in [-0.4, -0.2) is 23.8 Å². The molecule has 4 aromatic rings. The zero-order chi connectivity index (χ0) is 26.6. The Labute approximate surface area is 213 Å². The molecule has 0 unspecified atom stereocenters. The van der Waals surface area contributed by atoms with Crippen LogP contribution in [0, 0.1) is 5.82 Å². The van der Waals surface area contributed by atoms with Crippen LogP contribution < -0.4 is 10.2 Å². The zero-order valence-corrected chi connectivity index (χ0v) is 20.1. The van der Waals surface area contributed by atoms with Crippen molar-refractivity contribution >= 4 is 40.6 Å². The number of nitrogens with one attached hydrogen (secondary N) is 1. The Morgan fingerprint density at radius 3 is 2.54 bits per heavy atom. The maximum absolute atomic E-state index is 13.6. The highest BCUT2D eigenvalue weighted by Crippen LogP contribution is 2.34. The molecule has 0 saturated heterocycles. The number of carbonyl (C=O) groups is 2. The van der Waals surface area contributed by atoms with E-state index in [-0.39, 0.29) is 11.3 Å². The lowest BCUT2D eigenvalue weighted by Gasteiger charge is -2.19. The number of aromatic nitrogens is 1. The number of thiazole rings is 1. The number of alkyl halides is 3. The first-order chi connectivity index (χ1) is 17.6. The van der Waals surface area contributed by atoms with Gasteiger partial charge in [-0.15, -0.1) is 11.3 Å². The molecule has 0 aliphatic carbocycles. The molecule has 0 aliphatic rings. The Balaban J connectivity index is 1.49. The number of hydrogen-bond donors (Lipinski definition) is 1. The molecule has 2 amide bonds. The van der Waals surface area contributed by atoms with Crippen molar-refractivity contribution in [1.29, 1.82) is 0 Å². The van der Waals surface area contributed by atoms with Crippen LogP contribution >= 0.6 is 11.3 Å². The highest BCUT2D eigenvalue weighted by molar-refractivity contribution is 7.13. The summed E-state index contributed by atoms with van der Waals surface area (Å²) in [6.45, 7) is 0. The van der Waals surface area contributed by atoms with E-state index < -0.39 is 29.4 Å². The third kappa shape index (κ3) is 6.10. The molecule has 0 atom stereocenters. The van der Waals surface area contributed by atoms with Gasteiger partial charge in [0, 0.05) is 41.5 Å². The number of amides is 2. The Kier molecular flexibility index (Phi) is 7.49. The molecule has 0 bridgehead atoms. The molecule has 0 spiro atoms. The average Bonchev–Trinajstić information content (AvgIpc) is 3.42. The molecular formula is C27H19F4N3O2S. The summed E-state index contributed by atoms with van der Waals surface area (Å²) < 4.78 is 52.8. The SMILES string of the molecule is CN(C(=O)c1cccc(/C=C/C(=O)Nc2ccccc2-c2nccs2)c1)c1ccc(F)c(C(F)(F)F)c1. The van der Waals surface area contributed by atoms with Crippen LogP contribution in [0.2, 0.25) is 0 Å². The van der Waals surface area contributed by atoms with Gasteiger partial charge in [-0.3, -0.25) is 9.59 Å². The summed E-state index contributed by atoms with van der Waals surface area (Å²) in [7, 11) is 1.30. The van der Waals surface area contributed by atoms with Gasteiger partial charge >= 0.3 is 6.18 Å². The van der Waals surface area contributed by atoms with Gasteiger partial charge in [-0.25, -0.2) is 9.37 Å².